The lowest BCUT2D eigenvalue weighted by molar-refractivity contribution is -0.137. The van der Waals surface area contributed by atoms with Gasteiger partial charge in [-0.05, 0) is 81.8 Å². The van der Waals surface area contributed by atoms with Crippen molar-refractivity contribution < 1.29 is 90.0 Å². The van der Waals surface area contributed by atoms with Gasteiger partial charge in [0.2, 0.25) is 11.8 Å². The summed E-state index contributed by atoms with van der Waals surface area (Å²) >= 11 is 0. The Labute approximate surface area is 414 Å². The smallest absolute Gasteiger partial charge is 0.461 e. The van der Waals surface area contributed by atoms with E-state index >= 15 is 0 Å². The second kappa shape index (κ2) is 24.1. The summed E-state index contributed by atoms with van der Waals surface area (Å²) in [5.74, 6) is -1.38. The predicted molar refractivity (Wildman–Crippen MR) is 252 cm³/mol. The van der Waals surface area contributed by atoms with E-state index in [0.717, 1.165) is 94.3 Å². The number of nitrogen functional groups attached to an aromatic ring is 1. The third-order valence-corrected chi connectivity index (χ3v) is 16.1. The number of amides is 2. The molecule has 7 unspecified atom stereocenters. The molecule has 6 rings (SSSR count). The van der Waals surface area contributed by atoms with Crippen LogP contribution in [0.25, 0.3) is 11.2 Å². The van der Waals surface area contributed by atoms with Gasteiger partial charge >= 0.3 is 23.5 Å². The molecular formula is C43H64N7O19P3. The molecule has 1 aromatic carbocycles. The largest absolute Gasteiger partial charge is 0.481 e. The van der Waals surface area contributed by atoms with Crippen molar-refractivity contribution in [2.24, 2.45) is 10.8 Å². The number of aromatic nitrogens is 4. The average molecular weight is 1080 g/mol. The standard InChI is InChI=1S/C43H64N7O19P3/c1-41(2,24-66-72(62,63)69-71(60,61)65-23-30-35(68-70(57,58)59)34(54)40(67-30)50-26-49-33-37(44)47-25-48-38(33)50)36(55)39(56)46-21-13-32(53)45-20-12-31(52)42(16-17-42)14-5-3-8-28-10-7-11-29(22-28)9-4-6-15-43(18-19-43)64-27-51/h7,10-11,22,25-27,30,34-36,40,54-55H,3-6,8-9,12-21,23-24H2,1-2H3,(H,45,53)(H,46,56)(H,60,61)(H,62,63)(H2,44,47,48)(H2,57,58,59). The van der Waals surface area contributed by atoms with Crippen molar-refractivity contribution in [3.05, 3.63) is 48.0 Å². The van der Waals surface area contributed by atoms with Crippen LogP contribution in [0.5, 0.6) is 0 Å². The van der Waals surface area contributed by atoms with E-state index in [1.54, 1.807) is 0 Å². The minimum Gasteiger partial charge on any atom is -0.461 e. The number of fused-ring (bicyclic) bond motifs is 1. The van der Waals surface area contributed by atoms with Crippen molar-refractivity contribution in [3.63, 3.8) is 0 Å². The number of unbranched alkanes of at least 4 members (excludes halogenated alkanes) is 2. The zero-order valence-electron chi connectivity index (χ0n) is 39.9. The molecule has 72 heavy (non-hydrogen) atoms. The lowest BCUT2D eigenvalue weighted by Crippen LogP contribution is -2.46. The second-order valence-electron chi connectivity index (χ2n) is 19.2. The van der Waals surface area contributed by atoms with Crippen molar-refractivity contribution in [2.75, 3.05) is 32.0 Å². The molecule has 29 heteroatoms. The number of hydrogen-bond acceptors (Lipinski definition) is 19. The molecule has 1 aliphatic heterocycles. The van der Waals surface area contributed by atoms with E-state index in [-0.39, 0.29) is 59.7 Å². The molecule has 400 valence electrons. The van der Waals surface area contributed by atoms with Crippen molar-refractivity contribution in [3.8, 4) is 0 Å². The summed E-state index contributed by atoms with van der Waals surface area (Å²) in [7, 11) is -16.5. The van der Waals surface area contributed by atoms with Gasteiger partial charge in [0.25, 0.3) is 6.47 Å². The highest BCUT2D eigenvalue weighted by molar-refractivity contribution is 7.61. The Kier molecular flexibility index (Phi) is 19.1. The summed E-state index contributed by atoms with van der Waals surface area (Å²) in [5.41, 5.74) is 6.24. The number of rotatable bonds is 32. The maximum absolute atomic E-state index is 13.1. The SMILES string of the molecule is CC(C)(COP(=O)(O)OP(=O)(O)OCC1OC(n2cnc3c(N)ncnc32)C(O)C1OP(=O)(O)O)C(O)C(=O)NCCC(=O)NCCC(=O)C1(CCCCc2cccc(CCCCC3(OC=O)CC3)c2)CC1. The van der Waals surface area contributed by atoms with Crippen LogP contribution in [0.3, 0.4) is 0 Å². The summed E-state index contributed by atoms with van der Waals surface area (Å²) in [4.78, 5) is 100. The number of aliphatic hydroxyl groups excluding tert-OH is 2. The first-order chi connectivity index (χ1) is 33.9. The molecule has 7 atom stereocenters. The molecule has 0 spiro atoms. The van der Waals surface area contributed by atoms with Crippen LogP contribution in [-0.4, -0.2) is 130 Å². The van der Waals surface area contributed by atoms with E-state index < -0.39 is 84.6 Å². The molecule has 0 bridgehead atoms. The minimum atomic E-state index is -5.59. The van der Waals surface area contributed by atoms with E-state index in [0.29, 0.717) is 6.47 Å². The van der Waals surface area contributed by atoms with Crippen molar-refractivity contribution in [2.45, 2.75) is 140 Å². The number of carbonyl (C=O) groups excluding carboxylic acids is 4. The van der Waals surface area contributed by atoms with Crippen LogP contribution in [0.2, 0.25) is 0 Å². The fourth-order valence-electron chi connectivity index (χ4n) is 8.52. The minimum absolute atomic E-state index is 0.0280. The van der Waals surface area contributed by atoms with Crippen molar-refractivity contribution >= 4 is 64.5 Å². The highest BCUT2D eigenvalue weighted by Crippen LogP contribution is 2.61. The molecule has 26 nitrogen and oxygen atoms in total. The van der Waals surface area contributed by atoms with Gasteiger partial charge in [-0.25, -0.2) is 28.6 Å². The summed E-state index contributed by atoms with van der Waals surface area (Å²) in [6, 6.07) is 8.57. The first kappa shape index (κ1) is 57.2. The fourth-order valence-corrected chi connectivity index (χ4v) is 11.3. The van der Waals surface area contributed by atoms with E-state index in [1.165, 1.54) is 25.0 Å². The lowest BCUT2D eigenvalue weighted by atomic mass is 9.87. The molecule has 2 aromatic heterocycles. The number of ether oxygens (including phenoxy) is 2. The topological polar surface area (TPSA) is 390 Å². The van der Waals surface area contributed by atoms with Gasteiger partial charge in [-0.15, -0.1) is 0 Å². The molecule has 3 heterocycles. The van der Waals surface area contributed by atoms with Crippen molar-refractivity contribution in [1.82, 2.24) is 30.2 Å². The number of hydrogen-bond donors (Lipinski definition) is 9. The zero-order valence-corrected chi connectivity index (χ0v) is 42.5. The number of ketones is 1. The Balaban J connectivity index is 0.853. The number of phosphoric acid groups is 3. The second-order valence-corrected chi connectivity index (χ2v) is 23.4. The first-order valence-electron chi connectivity index (χ1n) is 23.5. The summed E-state index contributed by atoms with van der Waals surface area (Å²) in [5, 5.41) is 26.7. The van der Waals surface area contributed by atoms with Crippen LogP contribution >= 0.6 is 23.5 Å². The molecule has 0 radical (unpaired) electrons. The van der Waals surface area contributed by atoms with Gasteiger partial charge in [-0.2, -0.15) is 4.31 Å². The third kappa shape index (κ3) is 16.2. The van der Waals surface area contributed by atoms with E-state index in [4.69, 9.17) is 24.3 Å². The Bertz CT molecular complexity index is 2540. The number of imidazole rings is 1. The number of carbonyl (C=O) groups is 4. The Morgan fingerprint density at radius 3 is 2.22 bits per heavy atom. The number of aryl methyl sites for hydroxylation is 2. The molecule has 3 aliphatic rings. The van der Waals surface area contributed by atoms with Crippen molar-refractivity contribution in [1.29, 1.82) is 0 Å². The molecule has 2 saturated carbocycles. The zero-order chi connectivity index (χ0) is 52.5. The van der Waals surface area contributed by atoms with E-state index in [2.05, 4.69) is 58.7 Å². The van der Waals surface area contributed by atoms with Crippen LogP contribution in [-0.2, 0) is 73.1 Å². The molecule has 1 saturated heterocycles. The van der Waals surface area contributed by atoms with Gasteiger partial charge in [-0.1, -0.05) is 44.5 Å². The highest BCUT2D eigenvalue weighted by atomic mass is 31.3. The number of nitrogens with one attached hydrogen (secondary N) is 2. The number of anilines is 1. The van der Waals surface area contributed by atoms with Gasteiger partial charge in [0.05, 0.1) is 19.5 Å². The Morgan fingerprint density at radius 1 is 0.931 bits per heavy atom. The summed E-state index contributed by atoms with van der Waals surface area (Å²) in [6.45, 7) is 0.946. The monoisotopic (exact) mass is 1080 g/mol. The quantitative estimate of drug-likeness (QED) is 0.0246. The lowest BCUT2D eigenvalue weighted by Gasteiger charge is -2.30. The summed E-state index contributed by atoms with van der Waals surface area (Å²) < 4.78 is 67.9. The molecular weight excluding hydrogens is 1010 g/mol. The molecule has 3 aromatic rings. The van der Waals surface area contributed by atoms with Crippen LogP contribution < -0.4 is 16.4 Å². The van der Waals surface area contributed by atoms with Gasteiger partial charge < -0.3 is 55.6 Å². The first-order valence-corrected chi connectivity index (χ1v) is 28.0. The van der Waals surface area contributed by atoms with Crippen LogP contribution in [0.15, 0.2) is 36.9 Å². The number of nitrogens with zero attached hydrogens (tertiary/aromatic N) is 4. The van der Waals surface area contributed by atoms with E-state index in [1.807, 2.05) is 0 Å². The molecule has 10 N–H and O–H groups in total. The van der Waals surface area contributed by atoms with Crippen LogP contribution in [0.1, 0.15) is 108 Å². The number of nitrogens with two attached hydrogens (primary N) is 1. The Morgan fingerprint density at radius 2 is 1.58 bits per heavy atom. The van der Waals surface area contributed by atoms with E-state index in [9.17, 15) is 62.7 Å². The summed E-state index contributed by atoms with van der Waals surface area (Å²) in [6.07, 6.45) is 4.16. The predicted octanol–water partition coefficient (Wildman–Crippen LogP) is 2.98. The Hall–Kier alpha value is -4.10. The van der Waals surface area contributed by atoms with Crippen LogP contribution in [0.4, 0.5) is 5.82 Å². The molecule has 2 aliphatic carbocycles. The normalized spacial score (nSPS) is 22.3. The maximum Gasteiger partial charge on any atom is 0.481 e. The molecule has 2 amide bonds. The number of benzene rings is 1. The van der Waals surface area contributed by atoms with Gasteiger partial charge in [0, 0.05) is 36.8 Å². The number of phosphoric ester groups is 3. The molecule has 3 fully saturated rings. The average Bonchev–Trinajstić information content (AvgIpc) is 4.21. The number of Topliss-reactive ketones (excluding diaryl/α,β-unsaturated/α-hetero) is 1. The highest BCUT2D eigenvalue weighted by Gasteiger charge is 2.51. The van der Waals surface area contributed by atoms with Gasteiger partial charge in [0.1, 0.15) is 47.6 Å². The third-order valence-electron chi connectivity index (χ3n) is 13.0. The van der Waals surface area contributed by atoms with Gasteiger partial charge in [-0.3, -0.25) is 37.3 Å². The van der Waals surface area contributed by atoms with Gasteiger partial charge in [0.15, 0.2) is 17.7 Å². The maximum atomic E-state index is 13.1. The fraction of sp³-hybridized carbons (Fsp3) is 0.651. The number of aliphatic hydroxyl groups is 2. The van der Waals surface area contributed by atoms with Crippen LogP contribution in [0, 0.1) is 10.8 Å².